The van der Waals surface area contributed by atoms with E-state index in [0.29, 0.717) is 25.3 Å². The van der Waals surface area contributed by atoms with Crippen LogP contribution in [-0.4, -0.2) is 37.4 Å². The predicted molar refractivity (Wildman–Crippen MR) is 98.1 cm³/mol. The van der Waals surface area contributed by atoms with E-state index in [0.717, 1.165) is 29.1 Å². The first-order chi connectivity index (χ1) is 12.1. The van der Waals surface area contributed by atoms with Gasteiger partial charge in [0.2, 0.25) is 0 Å². The highest BCUT2D eigenvalue weighted by molar-refractivity contribution is 6.44. The van der Waals surface area contributed by atoms with Crippen molar-refractivity contribution in [3.63, 3.8) is 0 Å². The number of ether oxygens (including phenoxy) is 2. The lowest BCUT2D eigenvalue weighted by Gasteiger charge is -2.22. The van der Waals surface area contributed by atoms with E-state index >= 15 is 0 Å². The molecule has 1 unspecified atom stereocenters. The molecule has 0 aliphatic carbocycles. The topological polar surface area (TPSA) is 60.8 Å². The van der Waals surface area contributed by atoms with Crippen molar-refractivity contribution < 1.29 is 19.2 Å². The highest BCUT2D eigenvalue weighted by atomic mass is 16.5. The molecule has 0 radical (unpaired) electrons. The van der Waals surface area contributed by atoms with Gasteiger partial charge in [0.05, 0.1) is 19.4 Å². The zero-order valence-electron chi connectivity index (χ0n) is 15.0. The van der Waals surface area contributed by atoms with Crippen LogP contribution < -0.4 is 9.47 Å². The number of aromatic nitrogens is 1. The second-order valence-corrected chi connectivity index (χ2v) is 6.65. The molecule has 1 saturated heterocycles. The molecule has 1 aromatic carbocycles. The largest absolute Gasteiger partial charge is 0.493 e. The first kappa shape index (κ1) is 17.8. The first-order valence-corrected chi connectivity index (χ1v) is 8.64. The minimum Gasteiger partial charge on any atom is -0.493 e. The van der Waals surface area contributed by atoms with Gasteiger partial charge in [-0.15, -0.1) is 0 Å². The maximum atomic E-state index is 9.71. The molecule has 1 aliphatic heterocycles. The fraction of sp³-hybridized carbons (Fsp3) is 0.421. The number of rotatable bonds is 6. The molecule has 1 N–H and O–H groups in total. The van der Waals surface area contributed by atoms with Crippen molar-refractivity contribution in [2.24, 2.45) is 0 Å². The van der Waals surface area contributed by atoms with Crippen LogP contribution >= 0.6 is 0 Å². The molecule has 5 nitrogen and oxygen atoms in total. The Morgan fingerprint density at radius 3 is 2.80 bits per heavy atom. The molecule has 25 heavy (non-hydrogen) atoms. The lowest BCUT2D eigenvalue weighted by Crippen LogP contribution is -2.23. The molecule has 0 saturated carbocycles. The molecule has 0 bridgehead atoms. The van der Waals surface area contributed by atoms with Crippen LogP contribution in [0.4, 0.5) is 0 Å². The van der Waals surface area contributed by atoms with E-state index in [4.69, 9.17) is 19.1 Å². The maximum absolute atomic E-state index is 9.71. The zero-order chi connectivity index (χ0) is 17.9. The number of benzene rings is 1. The lowest BCUT2D eigenvalue weighted by molar-refractivity contribution is 0.260. The molecular formula is C19H24BNO4. The van der Waals surface area contributed by atoms with Gasteiger partial charge in [-0.2, -0.15) is 0 Å². The van der Waals surface area contributed by atoms with Crippen LogP contribution in [0.25, 0.3) is 11.3 Å². The van der Waals surface area contributed by atoms with Gasteiger partial charge in [-0.1, -0.05) is 19.9 Å². The second kappa shape index (κ2) is 7.46. The van der Waals surface area contributed by atoms with Gasteiger partial charge in [0.15, 0.2) is 11.5 Å². The van der Waals surface area contributed by atoms with Crippen LogP contribution in [0.1, 0.15) is 26.0 Å². The Morgan fingerprint density at radius 2 is 2.12 bits per heavy atom. The van der Waals surface area contributed by atoms with Crippen molar-refractivity contribution in [2.75, 3.05) is 20.3 Å². The Morgan fingerprint density at radius 1 is 1.28 bits per heavy atom. The van der Waals surface area contributed by atoms with Crippen molar-refractivity contribution in [1.29, 1.82) is 0 Å². The lowest BCUT2D eigenvalue weighted by atomic mass is 9.72. The third-order valence-electron chi connectivity index (χ3n) is 4.51. The Hall–Kier alpha value is -2.05. The molecule has 6 heteroatoms. The summed E-state index contributed by atoms with van der Waals surface area (Å²) in [5.41, 5.74) is 2.48. The van der Waals surface area contributed by atoms with Crippen LogP contribution in [0.5, 0.6) is 11.5 Å². The van der Waals surface area contributed by atoms with Gasteiger partial charge in [0.1, 0.15) is 0 Å². The molecule has 3 rings (SSSR count). The Kier molecular flexibility index (Phi) is 5.30. The molecular weight excluding hydrogens is 317 g/mol. The second-order valence-electron chi connectivity index (χ2n) is 6.65. The van der Waals surface area contributed by atoms with E-state index in [1.54, 1.807) is 7.11 Å². The smallest absolute Gasteiger partial charge is 0.455 e. The van der Waals surface area contributed by atoms with Crippen molar-refractivity contribution in [2.45, 2.75) is 32.0 Å². The molecule has 132 valence electrons. The fourth-order valence-electron chi connectivity index (χ4n) is 3.05. The van der Waals surface area contributed by atoms with Gasteiger partial charge in [0, 0.05) is 23.3 Å². The van der Waals surface area contributed by atoms with Crippen molar-refractivity contribution in [3.05, 3.63) is 42.1 Å². The summed E-state index contributed by atoms with van der Waals surface area (Å²) < 4.78 is 16.5. The quantitative estimate of drug-likeness (QED) is 0.817. The summed E-state index contributed by atoms with van der Waals surface area (Å²) in [6, 6.07) is 11.8. The number of methoxy groups -OCH3 is 1. The average Bonchev–Trinajstić information content (AvgIpc) is 3.00. The van der Waals surface area contributed by atoms with E-state index in [2.05, 4.69) is 13.8 Å². The summed E-state index contributed by atoms with van der Waals surface area (Å²) in [7, 11) is 0.921. The van der Waals surface area contributed by atoms with E-state index in [-0.39, 0.29) is 5.41 Å². The molecule has 2 heterocycles. The van der Waals surface area contributed by atoms with Gasteiger partial charge < -0.3 is 19.2 Å². The minimum absolute atomic E-state index is 0.274. The van der Waals surface area contributed by atoms with Gasteiger partial charge in [-0.05, 0) is 43.1 Å². The monoisotopic (exact) mass is 341 g/mol. The Balaban J connectivity index is 1.93. The summed E-state index contributed by atoms with van der Waals surface area (Å²) in [5, 5.41) is 9.71. The van der Waals surface area contributed by atoms with E-state index in [9.17, 15) is 5.02 Å². The highest BCUT2D eigenvalue weighted by Gasteiger charge is 2.41. The predicted octanol–water partition coefficient (Wildman–Crippen LogP) is 3.31. The summed E-state index contributed by atoms with van der Waals surface area (Å²) in [5.74, 6) is 1.44. The summed E-state index contributed by atoms with van der Waals surface area (Å²) in [6.07, 6.45) is 1.48. The van der Waals surface area contributed by atoms with Crippen molar-refractivity contribution in [1.82, 2.24) is 4.98 Å². The third-order valence-corrected chi connectivity index (χ3v) is 4.51. The summed E-state index contributed by atoms with van der Waals surface area (Å²) >= 11 is 0. The summed E-state index contributed by atoms with van der Waals surface area (Å²) in [4.78, 5) is 4.82. The van der Waals surface area contributed by atoms with Gasteiger partial charge in [0.25, 0.3) is 0 Å². The first-order valence-electron chi connectivity index (χ1n) is 8.64. The average molecular weight is 341 g/mol. The van der Waals surface area contributed by atoms with Crippen LogP contribution in [0.15, 0.2) is 36.4 Å². The van der Waals surface area contributed by atoms with Crippen LogP contribution in [0, 0.1) is 0 Å². The van der Waals surface area contributed by atoms with Crippen LogP contribution in [0.3, 0.4) is 0 Å². The number of pyridine rings is 1. The molecule has 1 fully saturated rings. The van der Waals surface area contributed by atoms with Gasteiger partial charge in [-0.25, -0.2) is 0 Å². The Labute approximate surface area is 149 Å². The molecule has 2 aromatic rings. The standard InChI is InChI=1S/C19H24BNO4/c1-4-10-24-17-11-14(8-9-16(17)23-3)15-6-5-7-18(21-15)19(2)12-20(22)25-13-19/h5-9,11,22H,4,10,12-13H2,1-3H3. The molecule has 1 aliphatic rings. The number of hydrogen-bond donors (Lipinski definition) is 1. The SMILES string of the molecule is CCCOc1cc(-c2cccc(C3(C)COB(O)C3)n2)ccc1OC. The van der Waals surface area contributed by atoms with E-state index in [1.165, 1.54) is 0 Å². The molecule has 0 amide bonds. The Bertz CT molecular complexity index is 739. The minimum atomic E-state index is -0.717. The normalized spacial score (nSPS) is 19.9. The van der Waals surface area contributed by atoms with Gasteiger partial charge in [-0.3, -0.25) is 4.98 Å². The van der Waals surface area contributed by atoms with Crippen molar-refractivity contribution >= 4 is 7.12 Å². The third kappa shape index (κ3) is 3.80. The fourth-order valence-corrected chi connectivity index (χ4v) is 3.05. The highest BCUT2D eigenvalue weighted by Crippen LogP contribution is 2.36. The molecule has 1 atom stereocenters. The van der Waals surface area contributed by atoms with Crippen LogP contribution in [0.2, 0.25) is 6.32 Å². The van der Waals surface area contributed by atoms with Crippen molar-refractivity contribution in [3.8, 4) is 22.8 Å². The number of nitrogens with zero attached hydrogens (tertiary/aromatic N) is 1. The molecule has 0 spiro atoms. The number of hydrogen-bond acceptors (Lipinski definition) is 5. The van der Waals surface area contributed by atoms with E-state index in [1.807, 2.05) is 36.4 Å². The van der Waals surface area contributed by atoms with E-state index < -0.39 is 7.12 Å². The zero-order valence-corrected chi connectivity index (χ0v) is 15.0. The van der Waals surface area contributed by atoms with Gasteiger partial charge >= 0.3 is 7.12 Å². The maximum Gasteiger partial charge on any atom is 0.455 e. The van der Waals surface area contributed by atoms with Crippen LogP contribution in [-0.2, 0) is 10.1 Å². The molecule has 1 aromatic heterocycles. The summed E-state index contributed by atoms with van der Waals surface area (Å²) in [6.45, 7) is 5.25.